The van der Waals surface area contributed by atoms with Crippen LogP contribution in [-0.4, -0.2) is 39.2 Å². The topological polar surface area (TPSA) is 70.9 Å². The van der Waals surface area contributed by atoms with Crippen molar-refractivity contribution in [1.29, 1.82) is 0 Å². The molecule has 1 aliphatic rings. The third-order valence-corrected chi connectivity index (χ3v) is 6.32. The molecule has 3 heterocycles. The van der Waals surface area contributed by atoms with Gasteiger partial charge in [0.2, 0.25) is 5.95 Å². The highest BCUT2D eigenvalue weighted by atomic mass is 19.1. The molecule has 34 heavy (non-hydrogen) atoms. The van der Waals surface area contributed by atoms with Crippen LogP contribution in [0, 0.1) is 12.7 Å². The Morgan fingerprint density at radius 2 is 1.97 bits per heavy atom. The van der Waals surface area contributed by atoms with Crippen molar-refractivity contribution in [3.05, 3.63) is 66.0 Å². The summed E-state index contributed by atoms with van der Waals surface area (Å²) in [7, 11) is 1.88. The number of fused-ring (bicyclic) bond motifs is 1. The second-order valence-electron chi connectivity index (χ2n) is 9.73. The molecule has 0 bridgehead atoms. The molecule has 1 unspecified atom stereocenters. The summed E-state index contributed by atoms with van der Waals surface area (Å²) in [6.07, 6.45) is 5.79. The van der Waals surface area contributed by atoms with Crippen molar-refractivity contribution in [3.63, 3.8) is 0 Å². The average Bonchev–Trinajstić information content (AvgIpc) is 3.33. The predicted octanol–water partition coefficient (Wildman–Crippen LogP) is 5.43. The third-order valence-electron chi connectivity index (χ3n) is 6.32. The van der Waals surface area contributed by atoms with E-state index in [1.54, 1.807) is 12.1 Å². The van der Waals surface area contributed by atoms with Gasteiger partial charge in [-0.15, -0.1) is 0 Å². The van der Waals surface area contributed by atoms with Gasteiger partial charge in [0.15, 0.2) is 0 Å². The molecular formula is C26H34FN7. The standard InChI is InChI=1S/C26H34FN7/c1-17(2)21(8-7-13-33-14-18(3)29-16-33)30-25-31-23(28-6)22-24(32-25)34(15-26(22,4)5)20-11-9-19(27)10-12-20/h9-12,14,16,21H,1,7-8,13,15H2,2-6H3,(H2,28,30,31,32). The van der Waals surface area contributed by atoms with Gasteiger partial charge >= 0.3 is 0 Å². The molecule has 1 aromatic carbocycles. The second-order valence-corrected chi connectivity index (χ2v) is 9.73. The van der Waals surface area contributed by atoms with Crippen LogP contribution in [0.1, 0.15) is 44.9 Å². The molecular weight excluding hydrogens is 429 g/mol. The Hall–Kier alpha value is -3.42. The van der Waals surface area contributed by atoms with Crippen LogP contribution in [0.5, 0.6) is 0 Å². The molecule has 0 spiro atoms. The Morgan fingerprint density at radius 1 is 1.24 bits per heavy atom. The van der Waals surface area contributed by atoms with Crippen LogP contribution >= 0.6 is 0 Å². The highest BCUT2D eigenvalue weighted by Crippen LogP contribution is 2.46. The van der Waals surface area contributed by atoms with E-state index in [9.17, 15) is 4.39 Å². The zero-order valence-electron chi connectivity index (χ0n) is 20.7. The number of nitrogens with zero attached hydrogens (tertiary/aromatic N) is 5. The molecule has 4 rings (SSSR count). The molecule has 0 saturated heterocycles. The van der Waals surface area contributed by atoms with Gasteiger partial charge < -0.3 is 20.1 Å². The number of aromatic nitrogens is 4. The number of hydrogen-bond acceptors (Lipinski definition) is 6. The van der Waals surface area contributed by atoms with Gasteiger partial charge in [0.1, 0.15) is 17.5 Å². The summed E-state index contributed by atoms with van der Waals surface area (Å²) in [6.45, 7) is 14.2. The molecule has 8 heteroatoms. The van der Waals surface area contributed by atoms with Gasteiger partial charge in [-0.2, -0.15) is 9.97 Å². The monoisotopic (exact) mass is 463 g/mol. The van der Waals surface area contributed by atoms with E-state index in [0.717, 1.165) is 60.1 Å². The SMILES string of the molecule is C=C(C)C(CCCn1cnc(C)c1)Nc1nc(NC)c2c(n1)N(c1ccc(F)cc1)CC2(C)C. The summed E-state index contributed by atoms with van der Waals surface area (Å²) in [5.41, 5.74) is 3.86. The molecule has 0 saturated carbocycles. The minimum atomic E-state index is -0.251. The average molecular weight is 464 g/mol. The smallest absolute Gasteiger partial charge is 0.227 e. The fourth-order valence-corrected chi connectivity index (χ4v) is 4.57. The van der Waals surface area contributed by atoms with Crippen LogP contribution in [0.4, 0.5) is 27.7 Å². The first-order valence-corrected chi connectivity index (χ1v) is 11.7. The molecule has 0 aliphatic carbocycles. The largest absolute Gasteiger partial charge is 0.373 e. The molecule has 2 aromatic heterocycles. The Morgan fingerprint density at radius 3 is 2.59 bits per heavy atom. The maximum absolute atomic E-state index is 13.6. The van der Waals surface area contributed by atoms with Crippen molar-refractivity contribution in [3.8, 4) is 0 Å². The van der Waals surface area contributed by atoms with Gasteiger partial charge in [0.05, 0.1) is 12.0 Å². The first-order chi connectivity index (χ1) is 16.2. The van der Waals surface area contributed by atoms with E-state index in [1.807, 2.05) is 27.2 Å². The van der Waals surface area contributed by atoms with Crippen molar-refractivity contribution in [2.75, 3.05) is 29.1 Å². The molecule has 2 N–H and O–H groups in total. The first-order valence-electron chi connectivity index (χ1n) is 11.7. The zero-order chi connectivity index (χ0) is 24.5. The van der Waals surface area contributed by atoms with E-state index >= 15 is 0 Å². The Balaban J connectivity index is 1.60. The van der Waals surface area contributed by atoms with E-state index < -0.39 is 0 Å². The van der Waals surface area contributed by atoms with E-state index in [1.165, 1.54) is 12.1 Å². The summed E-state index contributed by atoms with van der Waals surface area (Å²) < 4.78 is 15.7. The van der Waals surface area contributed by atoms with Crippen LogP contribution in [0.3, 0.4) is 0 Å². The highest BCUT2D eigenvalue weighted by molar-refractivity contribution is 5.75. The van der Waals surface area contributed by atoms with E-state index in [-0.39, 0.29) is 17.3 Å². The maximum Gasteiger partial charge on any atom is 0.227 e. The lowest BCUT2D eigenvalue weighted by Crippen LogP contribution is -2.25. The first kappa shape index (κ1) is 23.7. The van der Waals surface area contributed by atoms with Crippen molar-refractivity contribution in [1.82, 2.24) is 19.5 Å². The van der Waals surface area contributed by atoms with Gasteiger partial charge in [0.25, 0.3) is 0 Å². The summed E-state index contributed by atoms with van der Waals surface area (Å²) in [4.78, 5) is 16.2. The number of nitrogens with one attached hydrogen (secondary N) is 2. The molecule has 0 radical (unpaired) electrons. The van der Waals surface area contributed by atoms with Gasteiger partial charge in [-0.25, -0.2) is 9.37 Å². The molecule has 7 nitrogen and oxygen atoms in total. The Bertz CT molecular complexity index is 1170. The summed E-state index contributed by atoms with van der Waals surface area (Å²) >= 11 is 0. The second kappa shape index (κ2) is 9.44. The minimum absolute atomic E-state index is 0.0426. The summed E-state index contributed by atoms with van der Waals surface area (Å²) in [5, 5.41) is 6.77. The maximum atomic E-state index is 13.6. The normalized spacial score (nSPS) is 15.2. The van der Waals surface area contributed by atoms with E-state index in [0.29, 0.717) is 5.95 Å². The lowest BCUT2D eigenvalue weighted by Gasteiger charge is -2.22. The molecule has 180 valence electrons. The fraction of sp³-hybridized carbons (Fsp3) is 0.423. The van der Waals surface area contributed by atoms with Gasteiger partial charge in [-0.1, -0.05) is 26.0 Å². The fourth-order valence-electron chi connectivity index (χ4n) is 4.57. The van der Waals surface area contributed by atoms with Crippen molar-refractivity contribution >= 4 is 23.3 Å². The van der Waals surface area contributed by atoms with Gasteiger partial charge in [0, 0.05) is 49.0 Å². The number of aryl methyl sites for hydroxylation is 2. The lowest BCUT2D eigenvalue weighted by atomic mass is 9.88. The number of imidazole rings is 1. The lowest BCUT2D eigenvalue weighted by molar-refractivity contribution is 0.568. The van der Waals surface area contributed by atoms with Crippen LogP contribution in [0.2, 0.25) is 0 Å². The van der Waals surface area contributed by atoms with Crippen LogP contribution < -0.4 is 15.5 Å². The van der Waals surface area contributed by atoms with Crippen molar-refractivity contribution in [2.24, 2.45) is 0 Å². The molecule has 0 fully saturated rings. The minimum Gasteiger partial charge on any atom is -0.373 e. The van der Waals surface area contributed by atoms with Crippen LogP contribution in [-0.2, 0) is 12.0 Å². The predicted molar refractivity (Wildman–Crippen MR) is 136 cm³/mol. The Labute approximate surface area is 201 Å². The van der Waals surface area contributed by atoms with Crippen molar-refractivity contribution in [2.45, 2.75) is 58.5 Å². The number of benzene rings is 1. The number of halogens is 1. The van der Waals surface area contributed by atoms with E-state index in [2.05, 4.69) is 51.7 Å². The number of anilines is 4. The number of rotatable bonds is 9. The highest BCUT2D eigenvalue weighted by Gasteiger charge is 2.40. The quantitative estimate of drug-likeness (QED) is 0.413. The zero-order valence-corrected chi connectivity index (χ0v) is 20.7. The Kier molecular flexibility index (Phi) is 6.59. The third kappa shape index (κ3) is 4.90. The molecule has 1 atom stereocenters. The summed E-state index contributed by atoms with van der Waals surface area (Å²) in [6, 6.07) is 6.60. The molecule has 3 aromatic rings. The van der Waals surface area contributed by atoms with Gasteiger partial charge in [-0.3, -0.25) is 0 Å². The number of hydrogen-bond donors (Lipinski definition) is 2. The summed E-state index contributed by atoms with van der Waals surface area (Å²) in [5.74, 6) is 1.95. The molecule has 0 amide bonds. The van der Waals surface area contributed by atoms with Crippen LogP contribution in [0.25, 0.3) is 0 Å². The molecule has 1 aliphatic heterocycles. The van der Waals surface area contributed by atoms with Crippen molar-refractivity contribution < 1.29 is 4.39 Å². The van der Waals surface area contributed by atoms with Crippen LogP contribution in [0.15, 0.2) is 48.9 Å². The van der Waals surface area contributed by atoms with Gasteiger partial charge in [-0.05, 0) is 51.0 Å². The van der Waals surface area contributed by atoms with E-state index in [4.69, 9.17) is 9.97 Å².